The molecule has 0 aliphatic carbocycles. The van der Waals surface area contributed by atoms with Crippen LogP contribution in [-0.4, -0.2) is 20.4 Å². The molecule has 0 atom stereocenters. The van der Waals surface area contributed by atoms with Gasteiger partial charge in [-0.3, -0.25) is 19.1 Å². The average Bonchev–Trinajstić information content (AvgIpc) is 2.61. The third-order valence-electron chi connectivity index (χ3n) is 4.18. The number of fused-ring (bicyclic) bond motifs is 1. The molecule has 0 saturated carbocycles. The molecule has 1 aromatic carbocycles. The van der Waals surface area contributed by atoms with Crippen molar-refractivity contribution in [2.45, 2.75) is 33.7 Å². The number of hydrogen-bond donors (Lipinski definition) is 2. The second-order valence-corrected chi connectivity index (χ2v) is 6.28. The zero-order valence-corrected chi connectivity index (χ0v) is 14.9. The van der Waals surface area contributed by atoms with Gasteiger partial charge in [-0.05, 0) is 43.5 Å². The normalized spacial score (nSPS) is 10.9. The quantitative estimate of drug-likeness (QED) is 0.753. The smallest absolute Gasteiger partial charge is 0.322 e. The third kappa shape index (κ3) is 3.28. The van der Waals surface area contributed by atoms with Crippen molar-refractivity contribution < 1.29 is 4.79 Å². The summed E-state index contributed by atoms with van der Waals surface area (Å²) in [6, 6.07) is 7.24. The number of rotatable bonds is 4. The molecule has 3 aromatic rings. The fourth-order valence-electron chi connectivity index (χ4n) is 2.79. The van der Waals surface area contributed by atoms with Gasteiger partial charge in [0.25, 0.3) is 11.5 Å². The second kappa shape index (κ2) is 6.95. The van der Waals surface area contributed by atoms with Gasteiger partial charge in [-0.1, -0.05) is 19.1 Å². The van der Waals surface area contributed by atoms with E-state index in [2.05, 4.69) is 15.3 Å². The Balaban J connectivity index is 2.03. The maximum atomic E-state index is 12.6. The van der Waals surface area contributed by atoms with Crippen LogP contribution < -0.4 is 16.6 Å². The lowest BCUT2D eigenvalue weighted by molar-refractivity contribution is 0.102. The minimum atomic E-state index is -0.550. The molecule has 0 unspecified atom stereocenters. The topological polar surface area (TPSA) is 96.9 Å². The Morgan fingerprint density at radius 1 is 1.23 bits per heavy atom. The van der Waals surface area contributed by atoms with Crippen LogP contribution in [0.4, 0.5) is 5.69 Å². The van der Waals surface area contributed by atoms with Crippen LogP contribution in [0, 0.1) is 13.8 Å². The highest BCUT2D eigenvalue weighted by Gasteiger charge is 2.13. The van der Waals surface area contributed by atoms with E-state index in [1.807, 2.05) is 39.0 Å². The number of hydrogen-bond acceptors (Lipinski definition) is 4. The number of amides is 1. The van der Waals surface area contributed by atoms with Crippen molar-refractivity contribution in [1.29, 1.82) is 0 Å². The van der Waals surface area contributed by atoms with Crippen LogP contribution in [0.3, 0.4) is 0 Å². The summed E-state index contributed by atoms with van der Waals surface area (Å²) in [5.41, 5.74) is 2.17. The summed E-state index contributed by atoms with van der Waals surface area (Å²) >= 11 is 0. The number of anilines is 1. The zero-order chi connectivity index (χ0) is 18.8. The first-order valence-corrected chi connectivity index (χ1v) is 8.42. The zero-order valence-electron chi connectivity index (χ0n) is 14.9. The van der Waals surface area contributed by atoms with Crippen molar-refractivity contribution in [3.8, 4) is 0 Å². The maximum Gasteiger partial charge on any atom is 0.329 e. The standard InChI is InChI=1S/C19H20N4O3/c1-4-7-23-16-14(18(25)22-19(23)26)9-13(10-20-16)17(24)21-15-8-11(2)5-6-12(15)3/h5-6,8-10H,4,7H2,1-3H3,(H,21,24)(H,22,25,26). The van der Waals surface area contributed by atoms with E-state index in [0.717, 1.165) is 17.5 Å². The van der Waals surface area contributed by atoms with Crippen LogP contribution in [0.2, 0.25) is 0 Å². The Bertz CT molecular complexity index is 1110. The number of carbonyl (C=O) groups excluding carboxylic acids is 1. The summed E-state index contributed by atoms with van der Waals surface area (Å²) in [6.07, 6.45) is 2.10. The summed E-state index contributed by atoms with van der Waals surface area (Å²) in [6.45, 7) is 6.21. The van der Waals surface area contributed by atoms with Crippen LogP contribution >= 0.6 is 0 Å². The summed E-state index contributed by atoms with van der Waals surface area (Å²) in [4.78, 5) is 43.2. The SMILES string of the molecule is CCCn1c(=O)[nH]c(=O)c2cc(C(=O)Nc3cc(C)ccc3C)cnc21. The number of aromatic nitrogens is 3. The number of nitrogens with zero attached hydrogens (tertiary/aromatic N) is 2. The van der Waals surface area contributed by atoms with Crippen molar-refractivity contribution in [2.75, 3.05) is 5.32 Å². The fourth-order valence-corrected chi connectivity index (χ4v) is 2.79. The first-order chi connectivity index (χ1) is 12.4. The number of aromatic amines is 1. The van der Waals surface area contributed by atoms with Crippen LogP contribution in [0.15, 0.2) is 40.1 Å². The molecule has 0 aliphatic rings. The number of pyridine rings is 1. The van der Waals surface area contributed by atoms with Gasteiger partial charge in [0.2, 0.25) is 0 Å². The molecular weight excluding hydrogens is 332 g/mol. The molecule has 0 spiro atoms. The van der Waals surface area contributed by atoms with E-state index >= 15 is 0 Å². The highest BCUT2D eigenvalue weighted by molar-refractivity contribution is 6.05. The van der Waals surface area contributed by atoms with Crippen LogP contribution in [0.5, 0.6) is 0 Å². The molecule has 2 N–H and O–H groups in total. The van der Waals surface area contributed by atoms with E-state index in [1.165, 1.54) is 16.8 Å². The first kappa shape index (κ1) is 17.6. The number of benzene rings is 1. The van der Waals surface area contributed by atoms with E-state index in [1.54, 1.807) is 0 Å². The minimum Gasteiger partial charge on any atom is -0.322 e. The second-order valence-electron chi connectivity index (χ2n) is 6.28. The van der Waals surface area contributed by atoms with Gasteiger partial charge in [0.1, 0.15) is 5.65 Å². The number of H-pyrrole nitrogens is 1. The lowest BCUT2D eigenvalue weighted by Crippen LogP contribution is -2.31. The van der Waals surface area contributed by atoms with Gasteiger partial charge >= 0.3 is 5.69 Å². The van der Waals surface area contributed by atoms with Crippen LogP contribution in [0.1, 0.15) is 34.8 Å². The predicted octanol–water partition coefficient (Wildman–Crippen LogP) is 2.36. The molecule has 3 rings (SSSR count). The molecule has 0 radical (unpaired) electrons. The van der Waals surface area contributed by atoms with Gasteiger partial charge in [-0.15, -0.1) is 0 Å². The number of carbonyl (C=O) groups is 1. The largest absolute Gasteiger partial charge is 0.329 e. The van der Waals surface area contributed by atoms with Gasteiger partial charge < -0.3 is 5.32 Å². The van der Waals surface area contributed by atoms with E-state index < -0.39 is 11.2 Å². The molecule has 0 saturated heterocycles. The first-order valence-electron chi connectivity index (χ1n) is 8.42. The molecular formula is C19H20N4O3. The van der Waals surface area contributed by atoms with Crippen molar-refractivity contribution in [2.24, 2.45) is 0 Å². The Morgan fingerprint density at radius 2 is 2.00 bits per heavy atom. The highest BCUT2D eigenvalue weighted by Crippen LogP contribution is 2.18. The summed E-state index contributed by atoms with van der Waals surface area (Å²) < 4.78 is 1.41. The summed E-state index contributed by atoms with van der Waals surface area (Å²) in [7, 11) is 0. The van der Waals surface area contributed by atoms with E-state index in [4.69, 9.17) is 0 Å². The monoisotopic (exact) mass is 352 g/mol. The van der Waals surface area contributed by atoms with Gasteiger partial charge in [0.05, 0.1) is 10.9 Å². The van der Waals surface area contributed by atoms with Crippen LogP contribution in [0.25, 0.3) is 11.0 Å². The maximum absolute atomic E-state index is 12.6. The minimum absolute atomic E-state index is 0.215. The van der Waals surface area contributed by atoms with Gasteiger partial charge in [-0.2, -0.15) is 0 Å². The lowest BCUT2D eigenvalue weighted by Gasteiger charge is -2.11. The van der Waals surface area contributed by atoms with E-state index in [0.29, 0.717) is 12.2 Å². The molecule has 2 heterocycles. The molecule has 7 nitrogen and oxygen atoms in total. The van der Waals surface area contributed by atoms with Crippen LogP contribution in [-0.2, 0) is 6.54 Å². The Kier molecular flexibility index (Phi) is 4.71. The fraction of sp³-hybridized carbons (Fsp3) is 0.263. The summed E-state index contributed by atoms with van der Waals surface area (Å²) in [5, 5.41) is 3.06. The van der Waals surface area contributed by atoms with Crippen molar-refractivity contribution in [1.82, 2.24) is 14.5 Å². The molecule has 2 aromatic heterocycles. The van der Waals surface area contributed by atoms with Gasteiger partial charge in [0, 0.05) is 18.4 Å². The predicted molar refractivity (Wildman–Crippen MR) is 101 cm³/mol. The van der Waals surface area contributed by atoms with E-state index in [9.17, 15) is 14.4 Å². The molecule has 7 heteroatoms. The molecule has 26 heavy (non-hydrogen) atoms. The highest BCUT2D eigenvalue weighted by atomic mass is 16.2. The van der Waals surface area contributed by atoms with Gasteiger partial charge in [-0.25, -0.2) is 9.78 Å². The molecule has 0 aliphatic heterocycles. The molecule has 1 amide bonds. The van der Waals surface area contributed by atoms with E-state index in [-0.39, 0.29) is 22.5 Å². The Morgan fingerprint density at radius 3 is 2.73 bits per heavy atom. The molecule has 134 valence electrons. The van der Waals surface area contributed by atoms with Crippen molar-refractivity contribution in [3.63, 3.8) is 0 Å². The Labute approximate surface area is 149 Å². The van der Waals surface area contributed by atoms with Crippen molar-refractivity contribution >= 4 is 22.6 Å². The molecule has 0 bridgehead atoms. The van der Waals surface area contributed by atoms with Crippen molar-refractivity contribution in [3.05, 3.63) is 68.0 Å². The molecule has 0 fully saturated rings. The number of nitrogens with one attached hydrogen (secondary N) is 2. The average molecular weight is 352 g/mol. The number of aryl methyl sites for hydroxylation is 3. The van der Waals surface area contributed by atoms with Gasteiger partial charge in [0.15, 0.2) is 0 Å². The summed E-state index contributed by atoms with van der Waals surface area (Å²) in [5.74, 6) is -0.360. The Hall–Kier alpha value is -3.22. The lowest BCUT2D eigenvalue weighted by atomic mass is 10.1. The third-order valence-corrected chi connectivity index (χ3v) is 4.18.